The topological polar surface area (TPSA) is 46.3 Å². The van der Waals surface area contributed by atoms with E-state index in [1.807, 2.05) is 18.7 Å². The lowest BCUT2D eigenvalue weighted by Gasteiger charge is -2.02. The number of rotatable bonds is 2. The van der Waals surface area contributed by atoms with Gasteiger partial charge in [-0.15, -0.1) is 0 Å². The fourth-order valence-corrected chi connectivity index (χ4v) is 2.89. The van der Waals surface area contributed by atoms with Crippen LogP contribution in [0.5, 0.6) is 0 Å². The highest BCUT2D eigenvalue weighted by atomic mass is 32.2. The SMILES string of the molecule is Cc1oc(CO)nc1C1CCSC1. The second kappa shape index (κ2) is 3.72. The minimum atomic E-state index is -0.0965. The lowest BCUT2D eigenvalue weighted by molar-refractivity contribution is 0.238. The lowest BCUT2D eigenvalue weighted by Crippen LogP contribution is -1.98. The molecule has 0 aromatic carbocycles. The van der Waals surface area contributed by atoms with E-state index in [-0.39, 0.29) is 6.61 Å². The molecule has 0 aliphatic carbocycles. The first kappa shape index (κ1) is 9.09. The second-order valence-corrected chi connectivity index (χ2v) is 4.42. The monoisotopic (exact) mass is 199 g/mol. The number of aromatic nitrogens is 1. The van der Waals surface area contributed by atoms with Crippen molar-refractivity contribution in [3.05, 3.63) is 17.3 Å². The first-order valence-corrected chi connectivity index (χ1v) is 5.61. The van der Waals surface area contributed by atoms with Gasteiger partial charge in [0.05, 0.1) is 5.69 Å². The lowest BCUT2D eigenvalue weighted by atomic mass is 10.0. The van der Waals surface area contributed by atoms with E-state index in [0.717, 1.165) is 17.2 Å². The number of thioether (sulfide) groups is 1. The van der Waals surface area contributed by atoms with Crippen LogP contribution < -0.4 is 0 Å². The fourth-order valence-electron chi connectivity index (χ4n) is 1.66. The number of hydrogen-bond acceptors (Lipinski definition) is 4. The zero-order valence-corrected chi connectivity index (χ0v) is 8.43. The molecule has 1 fully saturated rings. The van der Waals surface area contributed by atoms with Crippen LogP contribution in [0.3, 0.4) is 0 Å². The maximum Gasteiger partial charge on any atom is 0.220 e. The van der Waals surface area contributed by atoms with Crippen LogP contribution in [0.25, 0.3) is 0 Å². The minimum Gasteiger partial charge on any atom is -0.443 e. The molecule has 4 heteroatoms. The van der Waals surface area contributed by atoms with Crippen molar-refractivity contribution in [2.75, 3.05) is 11.5 Å². The number of aliphatic hydroxyl groups excluding tert-OH is 1. The van der Waals surface area contributed by atoms with Crippen LogP contribution in [0.15, 0.2) is 4.42 Å². The van der Waals surface area contributed by atoms with Gasteiger partial charge < -0.3 is 9.52 Å². The molecule has 0 saturated carbocycles. The number of nitrogens with zero attached hydrogens (tertiary/aromatic N) is 1. The van der Waals surface area contributed by atoms with Gasteiger partial charge in [-0.2, -0.15) is 11.8 Å². The molecule has 1 N–H and O–H groups in total. The van der Waals surface area contributed by atoms with E-state index in [9.17, 15) is 0 Å². The molecule has 1 aliphatic rings. The summed E-state index contributed by atoms with van der Waals surface area (Å²) in [4.78, 5) is 4.28. The molecule has 72 valence electrons. The van der Waals surface area contributed by atoms with Crippen molar-refractivity contribution >= 4 is 11.8 Å². The summed E-state index contributed by atoms with van der Waals surface area (Å²) in [6.07, 6.45) is 1.18. The molecule has 0 radical (unpaired) electrons. The van der Waals surface area contributed by atoms with Crippen molar-refractivity contribution in [1.82, 2.24) is 4.98 Å². The summed E-state index contributed by atoms with van der Waals surface area (Å²) in [5, 5.41) is 8.86. The summed E-state index contributed by atoms with van der Waals surface area (Å²) in [7, 11) is 0. The van der Waals surface area contributed by atoms with Crippen molar-refractivity contribution in [3.8, 4) is 0 Å². The average Bonchev–Trinajstić information content (AvgIpc) is 2.72. The normalized spacial score (nSPS) is 22.5. The maximum atomic E-state index is 8.86. The molecule has 13 heavy (non-hydrogen) atoms. The molecule has 0 spiro atoms. The third kappa shape index (κ3) is 1.74. The van der Waals surface area contributed by atoms with Crippen LogP contribution in [0.4, 0.5) is 0 Å². The summed E-state index contributed by atoms with van der Waals surface area (Å²) in [6.45, 7) is 1.82. The number of oxazole rings is 1. The molecular weight excluding hydrogens is 186 g/mol. The quantitative estimate of drug-likeness (QED) is 0.787. The van der Waals surface area contributed by atoms with Gasteiger partial charge in [0, 0.05) is 11.7 Å². The summed E-state index contributed by atoms with van der Waals surface area (Å²) in [5.74, 6) is 4.21. The predicted molar refractivity (Wildman–Crippen MR) is 51.8 cm³/mol. The highest BCUT2D eigenvalue weighted by Gasteiger charge is 2.23. The molecule has 2 rings (SSSR count). The zero-order chi connectivity index (χ0) is 9.26. The molecule has 3 nitrogen and oxygen atoms in total. The van der Waals surface area contributed by atoms with Crippen molar-refractivity contribution < 1.29 is 9.52 Å². The zero-order valence-electron chi connectivity index (χ0n) is 7.62. The van der Waals surface area contributed by atoms with Crippen molar-refractivity contribution in [3.63, 3.8) is 0 Å². The van der Waals surface area contributed by atoms with Crippen LogP contribution in [-0.4, -0.2) is 21.6 Å². The van der Waals surface area contributed by atoms with Gasteiger partial charge in [-0.25, -0.2) is 4.98 Å². The summed E-state index contributed by atoms with van der Waals surface area (Å²) >= 11 is 1.96. The molecule has 2 heterocycles. The van der Waals surface area contributed by atoms with Gasteiger partial charge >= 0.3 is 0 Å². The van der Waals surface area contributed by atoms with Crippen molar-refractivity contribution in [1.29, 1.82) is 0 Å². The molecular formula is C9H13NO2S. The predicted octanol–water partition coefficient (Wildman–Crippen LogP) is 1.70. The molecule has 1 aromatic heterocycles. The smallest absolute Gasteiger partial charge is 0.220 e. The van der Waals surface area contributed by atoms with Crippen LogP contribution in [-0.2, 0) is 6.61 Å². The first-order valence-electron chi connectivity index (χ1n) is 4.46. The fraction of sp³-hybridized carbons (Fsp3) is 0.667. The van der Waals surface area contributed by atoms with Gasteiger partial charge in [-0.05, 0) is 19.1 Å². The molecule has 1 saturated heterocycles. The standard InChI is InChI=1S/C9H13NO2S/c1-6-9(7-2-3-13-5-7)10-8(4-11)12-6/h7,11H,2-5H2,1H3. The van der Waals surface area contributed by atoms with Gasteiger partial charge in [-0.1, -0.05) is 0 Å². The highest BCUT2D eigenvalue weighted by Crippen LogP contribution is 2.33. The highest BCUT2D eigenvalue weighted by molar-refractivity contribution is 7.99. The Morgan fingerprint density at radius 3 is 3.08 bits per heavy atom. The summed E-state index contributed by atoms with van der Waals surface area (Å²) in [6, 6.07) is 0. The third-order valence-corrected chi connectivity index (χ3v) is 3.49. The molecule has 0 amide bonds. The number of hydrogen-bond donors (Lipinski definition) is 1. The molecule has 1 aliphatic heterocycles. The number of aryl methyl sites for hydroxylation is 1. The van der Waals surface area contributed by atoms with Gasteiger partial charge in [-0.3, -0.25) is 0 Å². The second-order valence-electron chi connectivity index (χ2n) is 3.27. The Morgan fingerprint density at radius 1 is 1.69 bits per heavy atom. The average molecular weight is 199 g/mol. The number of aliphatic hydroxyl groups is 1. The molecule has 1 unspecified atom stereocenters. The summed E-state index contributed by atoms with van der Waals surface area (Å²) in [5.41, 5.74) is 1.05. The third-order valence-electron chi connectivity index (χ3n) is 2.33. The van der Waals surface area contributed by atoms with Crippen LogP contribution in [0.2, 0.25) is 0 Å². The maximum absolute atomic E-state index is 8.86. The van der Waals surface area contributed by atoms with Gasteiger partial charge in [0.1, 0.15) is 12.4 Å². The Bertz CT molecular complexity index is 292. The van der Waals surface area contributed by atoms with Crippen LogP contribution >= 0.6 is 11.8 Å². The first-order chi connectivity index (χ1) is 6.31. The van der Waals surface area contributed by atoms with E-state index in [4.69, 9.17) is 9.52 Å². The molecule has 1 atom stereocenters. The van der Waals surface area contributed by atoms with Gasteiger partial charge in [0.2, 0.25) is 5.89 Å². The Labute approximate surface area is 81.5 Å². The largest absolute Gasteiger partial charge is 0.443 e. The van der Waals surface area contributed by atoms with E-state index in [2.05, 4.69) is 4.98 Å². The Balaban J connectivity index is 2.22. The Kier molecular flexibility index (Phi) is 2.60. The van der Waals surface area contributed by atoms with E-state index < -0.39 is 0 Å². The van der Waals surface area contributed by atoms with Gasteiger partial charge in [0.25, 0.3) is 0 Å². The van der Waals surface area contributed by atoms with E-state index in [1.54, 1.807) is 0 Å². The van der Waals surface area contributed by atoms with E-state index in [0.29, 0.717) is 11.8 Å². The minimum absolute atomic E-state index is 0.0965. The van der Waals surface area contributed by atoms with Gasteiger partial charge in [0.15, 0.2) is 0 Å². The Morgan fingerprint density at radius 2 is 2.54 bits per heavy atom. The van der Waals surface area contributed by atoms with E-state index >= 15 is 0 Å². The molecule has 0 bridgehead atoms. The Hall–Kier alpha value is -0.480. The summed E-state index contributed by atoms with van der Waals surface area (Å²) < 4.78 is 5.31. The van der Waals surface area contributed by atoms with Crippen molar-refractivity contribution in [2.45, 2.75) is 25.9 Å². The van der Waals surface area contributed by atoms with Crippen LogP contribution in [0.1, 0.15) is 29.7 Å². The van der Waals surface area contributed by atoms with Crippen LogP contribution in [0, 0.1) is 6.92 Å². The molecule has 1 aromatic rings. The van der Waals surface area contributed by atoms with Crippen molar-refractivity contribution in [2.24, 2.45) is 0 Å². The van der Waals surface area contributed by atoms with E-state index in [1.165, 1.54) is 12.2 Å².